The number of halogens is 2. The first-order chi connectivity index (χ1) is 12.2. The maximum absolute atomic E-state index is 12.8. The average molecular weight is 396 g/mol. The molecule has 0 saturated carbocycles. The van der Waals surface area contributed by atoms with Crippen molar-refractivity contribution in [1.29, 1.82) is 0 Å². The molecule has 4 rings (SSSR count). The number of piperazine rings is 1. The highest BCUT2D eigenvalue weighted by Crippen LogP contribution is 2.20. The third kappa shape index (κ3) is 3.88. The van der Waals surface area contributed by atoms with E-state index >= 15 is 0 Å². The lowest BCUT2D eigenvalue weighted by Gasteiger charge is -2.34. The number of nitrogens with zero attached hydrogens (tertiary/aromatic N) is 3. The summed E-state index contributed by atoms with van der Waals surface area (Å²) < 4.78 is 0. The molecule has 0 aliphatic carbocycles. The van der Waals surface area contributed by atoms with Gasteiger partial charge in [-0.3, -0.25) is 14.8 Å². The van der Waals surface area contributed by atoms with E-state index in [1.54, 1.807) is 0 Å². The van der Waals surface area contributed by atoms with Crippen molar-refractivity contribution in [3.05, 3.63) is 51.8 Å². The van der Waals surface area contributed by atoms with Gasteiger partial charge in [0.2, 0.25) is 0 Å². The van der Waals surface area contributed by atoms with Gasteiger partial charge in [-0.25, -0.2) is 0 Å². The van der Waals surface area contributed by atoms with Gasteiger partial charge in [0.15, 0.2) is 5.69 Å². The molecule has 1 amide bonds. The van der Waals surface area contributed by atoms with Gasteiger partial charge in [-0.2, -0.15) is 5.10 Å². The van der Waals surface area contributed by atoms with Gasteiger partial charge in [-0.15, -0.1) is 12.4 Å². The van der Waals surface area contributed by atoms with Crippen LogP contribution < -0.4 is 5.32 Å². The highest BCUT2D eigenvalue weighted by Gasteiger charge is 2.28. The zero-order chi connectivity index (χ0) is 17.2. The zero-order valence-electron chi connectivity index (χ0n) is 14.5. The Morgan fingerprint density at radius 1 is 1.19 bits per heavy atom. The van der Waals surface area contributed by atoms with E-state index in [0.717, 1.165) is 74.1 Å². The number of fused-ring (bicyclic) bond motifs is 1. The molecule has 2 aliphatic heterocycles. The average Bonchev–Trinajstić information content (AvgIpc) is 3.08. The van der Waals surface area contributed by atoms with E-state index in [0.29, 0.717) is 5.69 Å². The summed E-state index contributed by atoms with van der Waals surface area (Å²) in [7, 11) is 0. The van der Waals surface area contributed by atoms with Crippen molar-refractivity contribution in [3.8, 4) is 0 Å². The lowest BCUT2D eigenvalue weighted by molar-refractivity contribution is 0.0621. The Labute approximate surface area is 164 Å². The summed E-state index contributed by atoms with van der Waals surface area (Å²) in [6.45, 7) is 5.62. The van der Waals surface area contributed by atoms with Gasteiger partial charge in [-0.1, -0.05) is 29.8 Å². The summed E-state index contributed by atoms with van der Waals surface area (Å²) in [5, 5.41) is 11.4. The molecule has 1 fully saturated rings. The molecular formula is C18H23Cl2N5O. The standard InChI is InChI=1S/C18H22ClN5O.ClH/c19-15-4-2-1-3-13(15)12-23-7-9-24(10-8-23)18(25)17-14-11-20-6-5-16(14)21-22-17;/h1-4,20H,5-12H2,(H,21,22);1H. The van der Waals surface area contributed by atoms with Crippen LogP contribution in [0.5, 0.6) is 0 Å². The van der Waals surface area contributed by atoms with Crippen LogP contribution in [0.2, 0.25) is 5.02 Å². The van der Waals surface area contributed by atoms with Gasteiger partial charge in [0, 0.05) is 68.5 Å². The Morgan fingerprint density at radius 2 is 1.96 bits per heavy atom. The predicted octanol–water partition coefficient (Wildman–Crippen LogP) is 2.09. The molecule has 0 spiro atoms. The molecule has 3 heterocycles. The predicted molar refractivity (Wildman–Crippen MR) is 104 cm³/mol. The van der Waals surface area contributed by atoms with Crippen LogP contribution in [0.3, 0.4) is 0 Å². The normalized spacial score (nSPS) is 17.5. The fourth-order valence-electron chi connectivity index (χ4n) is 3.53. The number of hydrogen-bond acceptors (Lipinski definition) is 4. The molecule has 1 aromatic heterocycles. The summed E-state index contributed by atoms with van der Waals surface area (Å²) in [5.74, 6) is 0.0404. The number of benzene rings is 1. The van der Waals surface area contributed by atoms with E-state index < -0.39 is 0 Å². The summed E-state index contributed by atoms with van der Waals surface area (Å²) in [4.78, 5) is 17.1. The Morgan fingerprint density at radius 3 is 2.73 bits per heavy atom. The molecular weight excluding hydrogens is 373 g/mol. The van der Waals surface area contributed by atoms with Crippen LogP contribution in [0.1, 0.15) is 27.3 Å². The molecule has 0 bridgehead atoms. The van der Waals surface area contributed by atoms with Crippen LogP contribution in [0, 0.1) is 0 Å². The van der Waals surface area contributed by atoms with E-state index in [9.17, 15) is 4.79 Å². The fourth-order valence-corrected chi connectivity index (χ4v) is 3.72. The molecule has 1 saturated heterocycles. The maximum atomic E-state index is 12.8. The highest BCUT2D eigenvalue weighted by atomic mass is 35.5. The summed E-state index contributed by atoms with van der Waals surface area (Å²) in [5.41, 5.74) is 3.85. The first kappa shape index (κ1) is 19.2. The second-order valence-electron chi connectivity index (χ2n) is 6.62. The third-order valence-electron chi connectivity index (χ3n) is 5.02. The van der Waals surface area contributed by atoms with Crippen molar-refractivity contribution in [2.24, 2.45) is 0 Å². The number of aromatic amines is 1. The summed E-state index contributed by atoms with van der Waals surface area (Å²) in [6, 6.07) is 7.94. The molecule has 0 atom stereocenters. The SMILES string of the molecule is Cl.O=C(c1n[nH]c2c1CNCC2)N1CCN(Cc2ccccc2Cl)CC1. The van der Waals surface area contributed by atoms with Crippen molar-refractivity contribution in [2.45, 2.75) is 19.5 Å². The summed E-state index contributed by atoms with van der Waals surface area (Å²) >= 11 is 6.25. The van der Waals surface area contributed by atoms with Gasteiger partial charge < -0.3 is 10.2 Å². The van der Waals surface area contributed by atoms with E-state index in [2.05, 4.69) is 26.5 Å². The second-order valence-corrected chi connectivity index (χ2v) is 7.02. The van der Waals surface area contributed by atoms with Gasteiger partial charge in [0.05, 0.1) is 0 Å². The maximum Gasteiger partial charge on any atom is 0.274 e. The van der Waals surface area contributed by atoms with E-state index in [1.807, 2.05) is 23.1 Å². The number of carbonyl (C=O) groups is 1. The van der Waals surface area contributed by atoms with Crippen molar-refractivity contribution in [3.63, 3.8) is 0 Å². The number of carbonyl (C=O) groups excluding carboxylic acids is 1. The Kier molecular flexibility index (Phi) is 6.19. The smallest absolute Gasteiger partial charge is 0.274 e. The van der Waals surface area contributed by atoms with Crippen LogP contribution in [-0.4, -0.2) is 58.6 Å². The van der Waals surface area contributed by atoms with Gasteiger partial charge in [0.1, 0.15) is 0 Å². The molecule has 2 aromatic rings. The fraction of sp³-hybridized carbons (Fsp3) is 0.444. The van der Waals surface area contributed by atoms with Crippen LogP contribution >= 0.6 is 24.0 Å². The number of amides is 1. The van der Waals surface area contributed by atoms with Crippen LogP contribution in [0.25, 0.3) is 0 Å². The largest absolute Gasteiger partial charge is 0.335 e. The Bertz CT molecular complexity index is 771. The first-order valence-corrected chi connectivity index (χ1v) is 9.12. The van der Waals surface area contributed by atoms with Crippen LogP contribution in [0.15, 0.2) is 24.3 Å². The van der Waals surface area contributed by atoms with Gasteiger partial charge >= 0.3 is 0 Å². The minimum Gasteiger partial charge on any atom is -0.335 e. The zero-order valence-corrected chi connectivity index (χ0v) is 16.1. The van der Waals surface area contributed by atoms with E-state index in [1.165, 1.54) is 0 Å². The quantitative estimate of drug-likeness (QED) is 0.834. The molecule has 8 heteroatoms. The number of rotatable bonds is 3. The molecule has 26 heavy (non-hydrogen) atoms. The number of nitrogens with one attached hydrogen (secondary N) is 2. The molecule has 0 radical (unpaired) electrons. The second kappa shape index (κ2) is 8.39. The van der Waals surface area contributed by atoms with E-state index in [4.69, 9.17) is 11.6 Å². The lowest BCUT2D eigenvalue weighted by atomic mass is 10.1. The molecule has 2 aliphatic rings. The molecule has 2 N–H and O–H groups in total. The van der Waals surface area contributed by atoms with E-state index in [-0.39, 0.29) is 18.3 Å². The third-order valence-corrected chi connectivity index (χ3v) is 5.39. The topological polar surface area (TPSA) is 64.3 Å². The van der Waals surface area contributed by atoms with Crippen molar-refractivity contribution in [2.75, 3.05) is 32.7 Å². The molecule has 6 nitrogen and oxygen atoms in total. The Hall–Kier alpha value is -1.60. The van der Waals surface area contributed by atoms with Crippen molar-refractivity contribution < 1.29 is 4.79 Å². The van der Waals surface area contributed by atoms with Crippen molar-refractivity contribution in [1.82, 2.24) is 25.3 Å². The van der Waals surface area contributed by atoms with Gasteiger partial charge in [-0.05, 0) is 11.6 Å². The lowest BCUT2D eigenvalue weighted by Crippen LogP contribution is -2.48. The summed E-state index contributed by atoms with van der Waals surface area (Å²) in [6.07, 6.45) is 0.904. The highest BCUT2D eigenvalue weighted by molar-refractivity contribution is 6.31. The minimum atomic E-state index is 0. The van der Waals surface area contributed by atoms with Gasteiger partial charge in [0.25, 0.3) is 5.91 Å². The number of H-pyrrole nitrogens is 1. The molecule has 0 unspecified atom stereocenters. The Balaban J connectivity index is 0.00000196. The van der Waals surface area contributed by atoms with Crippen LogP contribution in [0.4, 0.5) is 0 Å². The van der Waals surface area contributed by atoms with Crippen molar-refractivity contribution >= 4 is 29.9 Å². The molecule has 140 valence electrons. The molecule has 1 aromatic carbocycles. The first-order valence-electron chi connectivity index (χ1n) is 8.74. The minimum absolute atomic E-state index is 0. The monoisotopic (exact) mass is 395 g/mol. The number of hydrogen-bond donors (Lipinski definition) is 2. The number of aromatic nitrogens is 2. The van der Waals surface area contributed by atoms with Crippen LogP contribution in [-0.2, 0) is 19.5 Å².